The van der Waals surface area contributed by atoms with E-state index in [9.17, 15) is 18.7 Å². The molecule has 4 heteroatoms. The summed E-state index contributed by atoms with van der Waals surface area (Å²) in [5, 5.41) is 9.46. The van der Waals surface area contributed by atoms with Crippen LogP contribution in [-0.2, 0) is 11.2 Å². The van der Waals surface area contributed by atoms with Gasteiger partial charge in [0.1, 0.15) is 6.10 Å². The Morgan fingerprint density at radius 1 is 1.31 bits per heavy atom. The van der Waals surface area contributed by atoms with Crippen LogP contribution < -0.4 is 0 Å². The quantitative estimate of drug-likeness (QED) is 0.856. The molecule has 1 rings (SSSR count). The Labute approximate surface area is 92.9 Å². The SMILES string of the molecule is CC(C)C(O)C(=O)Cc1ccc(F)c(F)c1. The number of ketones is 1. The number of hydrogen-bond acceptors (Lipinski definition) is 2. The first-order chi connectivity index (χ1) is 7.41. The molecule has 2 nitrogen and oxygen atoms in total. The van der Waals surface area contributed by atoms with Crippen LogP contribution in [0.5, 0.6) is 0 Å². The Hall–Kier alpha value is -1.29. The number of Topliss-reactive ketones (excluding diaryl/α,β-unsaturated/α-hetero) is 1. The van der Waals surface area contributed by atoms with Gasteiger partial charge in [-0.3, -0.25) is 4.79 Å². The number of benzene rings is 1. The van der Waals surface area contributed by atoms with Crippen LogP contribution in [0.2, 0.25) is 0 Å². The molecule has 0 bridgehead atoms. The third-order valence-corrected chi connectivity index (χ3v) is 2.32. The van der Waals surface area contributed by atoms with Gasteiger partial charge >= 0.3 is 0 Å². The number of hydrogen-bond donors (Lipinski definition) is 1. The Morgan fingerprint density at radius 3 is 2.44 bits per heavy atom. The molecule has 0 radical (unpaired) electrons. The zero-order chi connectivity index (χ0) is 12.3. The summed E-state index contributed by atoms with van der Waals surface area (Å²) in [6.07, 6.45) is -1.15. The molecule has 1 unspecified atom stereocenters. The Balaban J connectivity index is 2.74. The molecule has 1 aromatic rings. The van der Waals surface area contributed by atoms with E-state index in [4.69, 9.17) is 0 Å². The lowest BCUT2D eigenvalue weighted by Crippen LogP contribution is -2.27. The average molecular weight is 228 g/mol. The highest BCUT2D eigenvalue weighted by Gasteiger charge is 2.19. The van der Waals surface area contributed by atoms with Crippen LogP contribution in [0.1, 0.15) is 19.4 Å². The number of halogens is 2. The molecule has 0 aromatic heterocycles. The van der Waals surface area contributed by atoms with Crippen LogP contribution in [0.4, 0.5) is 8.78 Å². The molecular formula is C12H14F2O2. The first kappa shape index (κ1) is 12.8. The van der Waals surface area contributed by atoms with Crippen molar-refractivity contribution in [3.8, 4) is 0 Å². The van der Waals surface area contributed by atoms with Gasteiger partial charge in [0.2, 0.25) is 0 Å². The smallest absolute Gasteiger partial charge is 0.165 e. The first-order valence-electron chi connectivity index (χ1n) is 5.06. The maximum absolute atomic E-state index is 12.8. The van der Waals surface area contributed by atoms with Gasteiger partial charge in [-0.1, -0.05) is 19.9 Å². The second-order valence-electron chi connectivity index (χ2n) is 4.08. The van der Waals surface area contributed by atoms with E-state index in [2.05, 4.69) is 0 Å². The number of rotatable bonds is 4. The number of carbonyl (C=O) groups excluding carboxylic acids is 1. The molecule has 0 amide bonds. The second-order valence-corrected chi connectivity index (χ2v) is 4.08. The van der Waals surface area contributed by atoms with E-state index < -0.39 is 17.7 Å². The van der Waals surface area contributed by atoms with Crippen molar-refractivity contribution < 1.29 is 18.7 Å². The van der Waals surface area contributed by atoms with Crippen molar-refractivity contribution in [2.24, 2.45) is 5.92 Å². The van der Waals surface area contributed by atoms with Crippen molar-refractivity contribution >= 4 is 5.78 Å². The molecule has 0 aliphatic carbocycles. The Bertz CT molecular complexity index is 389. The highest BCUT2D eigenvalue weighted by molar-refractivity contribution is 5.85. The average Bonchev–Trinajstić information content (AvgIpc) is 2.22. The van der Waals surface area contributed by atoms with Crippen molar-refractivity contribution in [2.45, 2.75) is 26.4 Å². The van der Waals surface area contributed by atoms with Crippen LogP contribution in [0, 0.1) is 17.6 Å². The standard InChI is InChI=1S/C12H14F2O2/c1-7(2)12(16)11(15)6-8-3-4-9(13)10(14)5-8/h3-5,7,12,16H,6H2,1-2H3. The van der Waals surface area contributed by atoms with E-state index in [0.717, 1.165) is 12.1 Å². The minimum absolute atomic E-state index is 0.0868. The Morgan fingerprint density at radius 2 is 1.94 bits per heavy atom. The van der Waals surface area contributed by atoms with Crippen molar-refractivity contribution in [3.63, 3.8) is 0 Å². The topological polar surface area (TPSA) is 37.3 Å². The lowest BCUT2D eigenvalue weighted by molar-refractivity contribution is -0.128. The van der Waals surface area contributed by atoms with Crippen LogP contribution in [-0.4, -0.2) is 17.0 Å². The number of aliphatic hydroxyl groups excluding tert-OH is 1. The summed E-state index contributed by atoms with van der Waals surface area (Å²) in [4.78, 5) is 11.5. The molecular weight excluding hydrogens is 214 g/mol. The van der Waals surface area contributed by atoms with Crippen molar-refractivity contribution in [1.82, 2.24) is 0 Å². The number of carbonyl (C=O) groups is 1. The van der Waals surface area contributed by atoms with E-state index in [1.807, 2.05) is 0 Å². The highest BCUT2D eigenvalue weighted by Crippen LogP contribution is 2.12. The predicted octanol–water partition coefficient (Wildman–Crippen LogP) is 2.09. The van der Waals surface area contributed by atoms with Crippen LogP contribution >= 0.6 is 0 Å². The largest absolute Gasteiger partial charge is 0.385 e. The van der Waals surface area contributed by atoms with E-state index in [0.29, 0.717) is 5.56 Å². The van der Waals surface area contributed by atoms with E-state index in [1.165, 1.54) is 6.07 Å². The van der Waals surface area contributed by atoms with Crippen molar-refractivity contribution in [3.05, 3.63) is 35.4 Å². The highest BCUT2D eigenvalue weighted by atomic mass is 19.2. The molecule has 0 fully saturated rings. The van der Waals surface area contributed by atoms with Crippen LogP contribution in [0.15, 0.2) is 18.2 Å². The lowest BCUT2D eigenvalue weighted by Gasteiger charge is -2.12. The summed E-state index contributed by atoms with van der Waals surface area (Å²) in [6, 6.07) is 3.28. The van der Waals surface area contributed by atoms with Crippen molar-refractivity contribution in [2.75, 3.05) is 0 Å². The third kappa shape index (κ3) is 3.10. The van der Waals surface area contributed by atoms with Gasteiger partial charge in [-0.2, -0.15) is 0 Å². The van der Waals surface area contributed by atoms with Gasteiger partial charge in [0.05, 0.1) is 0 Å². The monoisotopic (exact) mass is 228 g/mol. The first-order valence-corrected chi connectivity index (χ1v) is 5.06. The molecule has 0 aliphatic rings. The fourth-order valence-electron chi connectivity index (χ4n) is 1.33. The summed E-state index contributed by atoms with van der Waals surface area (Å²) in [6.45, 7) is 3.43. The minimum atomic E-state index is -1.06. The predicted molar refractivity (Wildman–Crippen MR) is 55.9 cm³/mol. The van der Waals surface area contributed by atoms with Gasteiger partial charge < -0.3 is 5.11 Å². The molecule has 0 aliphatic heterocycles. The van der Waals surface area contributed by atoms with Crippen LogP contribution in [0.3, 0.4) is 0 Å². The molecule has 1 aromatic carbocycles. The van der Waals surface area contributed by atoms with Gasteiger partial charge in [-0.05, 0) is 23.6 Å². The third-order valence-electron chi connectivity index (χ3n) is 2.32. The fourth-order valence-corrected chi connectivity index (χ4v) is 1.33. The minimum Gasteiger partial charge on any atom is -0.385 e. The van der Waals surface area contributed by atoms with Gasteiger partial charge in [0.25, 0.3) is 0 Å². The molecule has 1 N–H and O–H groups in total. The summed E-state index contributed by atoms with van der Waals surface area (Å²) in [5.41, 5.74) is 0.364. The summed E-state index contributed by atoms with van der Waals surface area (Å²) >= 11 is 0. The number of aliphatic hydroxyl groups is 1. The maximum atomic E-state index is 12.8. The van der Waals surface area contributed by atoms with E-state index >= 15 is 0 Å². The molecule has 0 heterocycles. The van der Waals surface area contributed by atoms with Gasteiger partial charge in [0, 0.05) is 6.42 Å². The van der Waals surface area contributed by atoms with Crippen molar-refractivity contribution in [1.29, 1.82) is 0 Å². The zero-order valence-corrected chi connectivity index (χ0v) is 9.21. The Kier molecular flexibility index (Phi) is 4.12. The molecule has 1 atom stereocenters. The van der Waals surface area contributed by atoms with Gasteiger partial charge in [-0.15, -0.1) is 0 Å². The zero-order valence-electron chi connectivity index (χ0n) is 9.21. The van der Waals surface area contributed by atoms with Gasteiger partial charge in [-0.25, -0.2) is 8.78 Å². The molecule has 0 saturated carbocycles. The summed E-state index contributed by atoms with van der Waals surface area (Å²) in [5.74, 6) is -2.50. The molecule has 0 spiro atoms. The van der Waals surface area contributed by atoms with E-state index in [-0.39, 0.29) is 18.1 Å². The van der Waals surface area contributed by atoms with Crippen LogP contribution in [0.25, 0.3) is 0 Å². The summed E-state index contributed by atoms with van der Waals surface area (Å²) < 4.78 is 25.5. The summed E-state index contributed by atoms with van der Waals surface area (Å²) in [7, 11) is 0. The molecule has 0 saturated heterocycles. The lowest BCUT2D eigenvalue weighted by atomic mass is 9.98. The normalized spacial score (nSPS) is 12.9. The van der Waals surface area contributed by atoms with E-state index in [1.54, 1.807) is 13.8 Å². The van der Waals surface area contributed by atoms with Gasteiger partial charge in [0.15, 0.2) is 17.4 Å². The fraction of sp³-hybridized carbons (Fsp3) is 0.417. The second kappa shape index (κ2) is 5.16. The maximum Gasteiger partial charge on any atom is 0.165 e. The molecule has 88 valence electrons. The molecule has 16 heavy (non-hydrogen) atoms.